The Hall–Kier alpha value is -2.61. The van der Waals surface area contributed by atoms with Gasteiger partial charge >= 0.3 is 0 Å². The van der Waals surface area contributed by atoms with Crippen molar-refractivity contribution < 1.29 is 13.9 Å². The van der Waals surface area contributed by atoms with Gasteiger partial charge < -0.3 is 15.7 Å². The van der Waals surface area contributed by atoms with E-state index in [0.29, 0.717) is 5.82 Å². The summed E-state index contributed by atoms with van der Waals surface area (Å²) in [5, 5.41) is 17.7. The molecule has 3 aromatic rings. The van der Waals surface area contributed by atoms with Crippen molar-refractivity contribution in [2.24, 2.45) is 0 Å². The highest BCUT2D eigenvalue weighted by molar-refractivity contribution is 6.28. The van der Waals surface area contributed by atoms with Crippen molar-refractivity contribution in [3.63, 3.8) is 0 Å². The Morgan fingerprint density at radius 3 is 2.67 bits per heavy atom. The predicted octanol–water partition coefficient (Wildman–Crippen LogP) is 5.15. The van der Waals surface area contributed by atoms with Gasteiger partial charge in [-0.15, -0.1) is 0 Å². The molecular weight excluding hydrogens is 446 g/mol. The van der Waals surface area contributed by atoms with Gasteiger partial charge in [0.25, 0.3) is 0 Å². The summed E-state index contributed by atoms with van der Waals surface area (Å²) >= 11 is 5.88. The Morgan fingerprint density at radius 1 is 1.15 bits per heavy atom. The van der Waals surface area contributed by atoms with Gasteiger partial charge in [0.1, 0.15) is 17.5 Å². The second-order valence-corrected chi connectivity index (χ2v) is 8.68. The van der Waals surface area contributed by atoms with E-state index in [1.165, 1.54) is 35.0 Å². The molecule has 0 amide bonds. The zero-order chi connectivity index (χ0) is 23.4. The molecule has 1 unspecified atom stereocenters. The molecule has 0 saturated carbocycles. The molecule has 1 aliphatic rings. The van der Waals surface area contributed by atoms with E-state index in [-0.39, 0.29) is 23.4 Å². The van der Waals surface area contributed by atoms with Gasteiger partial charge in [-0.3, -0.25) is 0 Å². The average molecular weight is 473 g/mol. The van der Waals surface area contributed by atoms with Crippen molar-refractivity contribution in [3.8, 4) is 0 Å². The lowest BCUT2D eigenvalue weighted by atomic mass is 9.86. The van der Waals surface area contributed by atoms with Crippen LogP contribution in [0.1, 0.15) is 54.1 Å². The van der Waals surface area contributed by atoms with Crippen LogP contribution in [-0.2, 0) is 12.8 Å². The first kappa shape index (κ1) is 23.5. The van der Waals surface area contributed by atoms with E-state index in [2.05, 4.69) is 45.7 Å². The molecule has 1 aliphatic carbocycles. The average Bonchev–Trinajstić information content (AvgIpc) is 2.80. The standard InChI is InChI=1S/C25H27ClF2N4O/c1-2-15-6-7-16-4-3-5-21(20(16)10-15)30-14-22(33)24(17-11-18(27)13-19(28)12-17)31-23-8-9-29-25(26)32-23/h6-13,21-22,24,30,33H,2-5,14H2,1H3,(H,29,31,32)/t21-,22+,24?/m0/s1. The molecule has 1 aromatic heterocycles. The Balaban J connectivity index is 1.55. The first-order valence-electron chi connectivity index (χ1n) is 11.2. The summed E-state index contributed by atoms with van der Waals surface area (Å²) in [5.41, 5.74) is 4.13. The Labute approximate surface area is 197 Å². The molecular formula is C25H27ClF2N4O. The number of nitrogens with one attached hydrogen (secondary N) is 2. The van der Waals surface area contributed by atoms with Gasteiger partial charge in [0.05, 0.1) is 12.1 Å². The van der Waals surface area contributed by atoms with Gasteiger partial charge in [-0.05, 0) is 77.7 Å². The molecule has 0 radical (unpaired) electrons. The lowest BCUT2D eigenvalue weighted by Crippen LogP contribution is -2.38. The summed E-state index contributed by atoms with van der Waals surface area (Å²) < 4.78 is 27.9. The van der Waals surface area contributed by atoms with Gasteiger partial charge in [0.2, 0.25) is 5.28 Å². The van der Waals surface area contributed by atoms with Crippen LogP contribution in [0.3, 0.4) is 0 Å². The fourth-order valence-corrected chi connectivity index (χ4v) is 4.54. The van der Waals surface area contributed by atoms with Gasteiger partial charge in [0, 0.05) is 24.8 Å². The number of anilines is 1. The molecule has 3 atom stereocenters. The molecule has 33 heavy (non-hydrogen) atoms. The van der Waals surface area contributed by atoms with E-state index in [1.54, 1.807) is 6.07 Å². The van der Waals surface area contributed by atoms with Crippen molar-refractivity contribution in [1.82, 2.24) is 15.3 Å². The summed E-state index contributed by atoms with van der Waals surface area (Å²) in [6, 6.07) is 10.7. The van der Waals surface area contributed by atoms with Crippen LogP contribution in [-0.4, -0.2) is 27.7 Å². The largest absolute Gasteiger partial charge is 0.389 e. The van der Waals surface area contributed by atoms with Gasteiger partial charge in [-0.2, -0.15) is 0 Å². The smallest absolute Gasteiger partial charge is 0.224 e. The number of benzene rings is 2. The number of aliphatic hydroxyl groups is 1. The Kier molecular flexibility index (Phi) is 7.53. The fraction of sp³-hybridized carbons (Fsp3) is 0.360. The van der Waals surface area contributed by atoms with E-state index >= 15 is 0 Å². The summed E-state index contributed by atoms with van der Waals surface area (Å²) in [6.45, 7) is 2.35. The molecule has 0 aliphatic heterocycles. The molecule has 8 heteroatoms. The summed E-state index contributed by atoms with van der Waals surface area (Å²) in [7, 11) is 0. The lowest BCUT2D eigenvalue weighted by Gasteiger charge is -2.30. The van der Waals surface area contributed by atoms with Crippen molar-refractivity contribution >= 4 is 17.4 Å². The van der Waals surface area contributed by atoms with Crippen LogP contribution in [0.5, 0.6) is 0 Å². The third kappa shape index (κ3) is 5.85. The number of fused-ring (bicyclic) bond motifs is 1. The van der Waals surface area contributed by atoms with Gasteiger partial charge in [0.15, 0.2) is 0 Å². The topological polar surface area (TPSA) is 70.1 Å². The third-order valence-corrected chi connectivity index (χ3v) is 6.25. The van der Waals surface area contributed by atoms with Crippen LogP contribution in [0.2, 0.25) is 5.28 Å². The Morgan fingerprint density at radius 2 is 1.94 bits per heavy atom. The van der Waals surface area contributed by atoms with E-state index in [0.717, 1.165) is 31.7 Å². The number of nitrogens with zero attached hydrogens (tertiary/aromatic N) is 2. The molecule has 0 spiro atoms. The third-order valence-electron chi connectivity index (χ3n) is 6.06. The maximum absolute atomic E-state index is 14.0. The van der Waals surface area contributed by atoms with Crippen molar-refractivity contribution in [3.05, 3.63) is 87.8 Å². The molecule has 2 aromatic carbocycles. The molecule has 1 heterocycles. The minimum absolute atomic E-state index is 0.0299. The number of rotatable bonds is 8. The van der Waals surface area contributed by atoms with Crippen LogP contribution in [0.4, 0.5) is 14.6 Å². The number of hydrogen-bond acceptors (Lipinski definition) is 5. The van der Waals surface area contributed by atoms with Crippen molar-refractivity contribution in [2.75, 3.05) is 11.9 Å². The quantitative estimate of drug-likeness (QED) is 0.395. The van der Waals surface area contributed by atoms with E-state index in [1.807, 2.05) is 0 Å². The fourth-order valence-electron chi connectivity index (χ4n) is 4.39. The van der Waals surface area contributed by atoms with Gasteiger partial charge in [-0.1, -0.05) is 25.1 Å². The molecule has 5 nitrogen and oxygen atoms in total. The minimum atomic E-state index is -1.00. The monoisotopic (exact) mass is 472 g/mol. The van der Waals surface area contributed by atoms with Crippen LogP contribution in [0, 0.1) is 11.6 Å². The first-order chi connectivity index (χ1) is 15.9. The second-order valence-electron chi connectivity index (χ2n) is 8.34. The molecule has 0 bridgehead atoms. The molecule has 0 fully saturated rings. The number of hydrogen-bond donors (Lipinski definition) is 3. The molecule has 4 rings (SSSR count). The van der Waals surface area contributed by atoms with E-state index in [4.69, 9.17) is 11.6 Å². The Bertz CT molecular complexity index is 1090. The highest BCUT2D eigenvalue weighted by Gasteiger charge is 2.26. The van der Waals surface area contributed by atoms with Crippen LogP contribution in [0.25, 0.3) is 0 Å². The molecule has 174 valence electrons. The lowest BCUT2D eigenvalue weighted by molar-refractivity contribution is 0.144. The maximum Gasteiger partial charge on any atom is 0.224 e. The van der Waals surface area contributed by atoms with E-state index in [9.17, 15) is 13.9 Å². The molecule has 0 saturated heterocycles. The number of aliphatic hydroxyl groups excluding tert-OH is 1. The van der Waals surface area contributed by atoms with Crippen LogP contribution in [0.15, 0.2) is 48.7 Å². The predicted molar refractivity (Wildman–Crippen MR) is 125 cm³/mol. The van der Waals surface area contributed by atoms with Gasteiger partial charge in [-0.25, -0.2) is 18.7 Å². The summed E-state index contributed by atoms with van der Waals surface area (Å²) in [5.74, 6) is -1.09. The van der Waals surface area contributed by atoms with Crippen LogP contribution < -0.4 is 10.6 Å². The summed E-state index contributed by atoms with van der Waals surface area (Å²) in [6.07, 6.45) is 4.49. The zero-order valence-electron chi connectivity index (χ0n) is 18.4. The zero-order valence-corrected chi connectivity index (χ0v) is 19.1. The van der Waals surface area contributed by atoms with E-state index < -0.39 is 23.8 Å². The maximum atomic E-state index is 14.0. The summed E-state index contributed by atoms with van der Waals surface area (Å²) in [4.78, 5) is 7.93. The minimum Gasteiger partial charge on any atom is -0.389 e. The highest BCUT2D eigenvalue weighted by Crippen LogP contribution is 2.31. The van der Waals surface area contributed by atoms with Crippen LogP contribution >= 0.6 is 11.6 Å². The number of aromatic nitrogens is 2. The second kappa shape index (κ2) is 10.5. The van der Waals surface area contributed by atoms with Crippen molar-refractivity contribution in [2.45, 2.75) is 50.8 Å². The highest BCUT2D eigenvalue weighted by atomic mass is 35.5. The molecule has 3 N–H and O–H groups in total. The number of aryl methyl sites for hydroxylation is 2. The number of halogens is 3. The van der Waals surface area contributed by atoms with Crippen molar-refractivity contribution in [1.29, 1.82) is 0 Å². The SMILES string of the molecule is CCc1ccc2c(c1)[C@@H](NC[C@@H](O)C(Nc1ccnc(Cl)n1)c1cc(F)cc(F)c1)CCC2. The normalized spacial score (nSPS) is 17.3. The first-order valence-corrected chi connectivity index (χ1v) is 11.5.